The van der Waals surface area contributed by atoms with Crippen LogP contribution in [0.3, 0.4) is 0 Å². The number of alkyl halides is 3. The normalized spacial score (nSPS) is 11.9. The topological polar surface area (TPSA) is 77.1 Å². The molecule has 0 aliphatic carbocycles. The Morgan fingerprint density at radius 1 is 1.19 bits per heavy atom. The number of carbonyl (C=O) groups excluding carboxylic acids is 1. The van der Waals surface area contributed by atoms with Gasteiger partial charge in [-0.3, -0.25) is 4.79 Å². The summed E-state index contributed by atoms with van der Waals surface area (Å²) < 4.78 is 42.1. The van der Waals surface area contributed by atoms with E-state index in [4.69, 9.17) is 0 Å². The van der Waals surface area contributed by atoms with Gasteiger partial charge in [0.15, 0.2) is 5.65 Å². The van der Waals surface area contributed by atoms with Crippen molar-refractivity contribution in [2.45, 2.75) is 32.6 Å². The molecule has 4 aromatic rings. The van der Waals surface area contributed by atoms with Crippen LogP contribution in [0.4, 0.5) is 13.2 Å². The second kappa shape index (κ2) is 7.86. The summed E-state index contributed by atoms with van der Waals surface area (Å²) in [6.45, 7) is 4.02. The zero-order chi connectivity index (χ0) is 22.2. The molecule has 0 saturated carbocycles. The van der Waals surface area contributed by atoms with Crippen LogP contribution in [0.2, 0.25) is 0 Å². The van der Waals surface area contributed by atoms with E-state index in [0.717, 1.165) is 12.1 Å². The summed E-state index contributed by atoms with van der Waals surface area (Å²) in [5, 5.41) is 2.82. The Morgan fingerprint density at radius 3 is 2.61 bits per heavy atom. The molecule has 0 spiro atoms. The molecule has 160 valence electrons. The second-order valence-electron chi connectivity index (χ2n) is 7.28. The maximum Gasteiger partial charge on any atom is 0.416 e. The zero-order valence-electron chi connectivity index (χ0n) is 16.8. The molecule has 0 aliphatic heterocycles. The van der Waals surface area contributed by atoms with Gasteiger partial charge in [0.1, 0.15) is 11.4 Å². The Bertz CT molecular complexity index is 1220. The predicted molar refractivity (Wildman–Crippen MR) is 107 cm³/mol. The lowest BCUT2D eigenvalue weighted by Crippen LogP contribution is -2.26. The molecule has 31 heavy (non-hydrogen) atoms. The molecule has 1 N–H and O–H groups in total. The van der Waals surface area contributed by atoms with Crippen LogP contribution in [0, 0.1) is 0 Å². The van der Waals surface area contributed by atoms with Gasteiger partial charge in [-0.1, -0.05) is 12.1 Å². The first-order valence-corrected chi connectivity index (χ1v) is 9.54. The van der Waals surface area contributed by atoms with E-state index >= 15 is 0 Å². The van der Waals surface area contributed by atoms with Gasteiger partial charge >= 0.3 is 6.18 Å². The van der Waals surface area contributed by atoms with Crippen LogP contribution in [0.25, 0.3) is 16.9 Å². The van der Waals surface area contributed by atoms with E-state index in [0.29, 0.717) is 28.3 Å². The van der Waals surface area contributed by atoms with Crippen LogP contribution in [0.5, 0.6) is 0 Å². The molecule has 0 fully saturated rings. The molecule has 0 saturated heterocycles. The standard InChI is InChI=1S/C21H19F3N6O/c1-13(2)30-12-25-10-17(30)20(31)27-9-16-11-29-8-7-26-19(29)18(28-16)14-3-5-15(6-4-14)21(22,23)24/h3-8,10-13H,9H2,1-2H3,(H,27,31). The zero-order valence-corrected chi connectivity index (χ0v) is 16.8. The highest BCUT2D eigenvalue weighted by atomic mass is 19.4. The fourth-order valence-corrected chi connectivity index (χ4v) is 3.23. The number of halogens is 3. The van der Waals surface area contributed by atoms with Gasteiger partial charge in [0.2, 0.25) is 0 Å². The van der Waals surface area contributed by atoms with Crippen LogP contribution in [0.1, 0.15) is 41.6 Å². The molecule has 4 rings (SSSR count). The lowest BCUT2D eigenvalue weighted by atomic mass is 10.1. The Labute approximate surface area is 175 Å². The summed E-state index contributed by atoms with van der Waals surface area (Å²) in [5.74, 6) is -0.296. The molecule has 0 aliphatic rings. The molecular weight excluding hydrogens is 409 g/mol. The van der Waals surface area contributed by atoms with Crippen LogP contribution in [-0.2, 0) is 12.7 Å². The summed E-state index contributed by atoms with van der Waals surface area (Å²) in [5.41, 5.74) is 1.66. The minimum Gasteiger partial charge on any atom is -0.345 e. The van der Waals surface area contributed by atoms with E-state index in [1.54, 1.807) is 33.9 Å². The van der Waals surface area contributed by atoms with E-state index in [2.05, 4.69) is 20.3 Å². The van der Waals surface area contributed by atoms with Crippen LogP contribution >= 0.6 is 0 Å². The number of nitrogens with zero attached hydrogens (tertiary/aromatic N) is 5. The van der Waals surface area contributed by atoms with Gasteiger partial charge < -0.3 is 14.3 Å². The molecule has 10 heteroatoms. The highest BCUT2D eigenvalue weighted by Crippen LogP contribution is 2.31. The van der Waals surface area contributed by atoms with Crippen molar-refractivity contribution in [2.75, 3.05) is 0 Å². The number of benzene rings is 1. The molecule has 0 unspecified atom stereocenters. The smallest absolute Gasteiger partial charge is 0.345 e. The Hall–Kier alpha value is -3.69. The highest BCUT2D eigenvalue weighted by Gasteiger charge is 2.30. The van der Waals surface area contributed by atoms with E-state index in [-0.39, 0.29) is 18.5 Å². The average Bonchev–Trinajstić information content (AvgIpc) is 3.40. The monoisotopic (exact) mass is 428 g/mol. The molecule has 0 bridgehead atoms. The van der Waals surface area contributed by atoms with Crippen molar-refractivity contribution in [1.29, 1.82) is 0 Å². The maximum atomic E-state index is 12.9. The summed E-state index contributed by atoms with van der Waals surface area (Å²) in [7, 11) is 0. The van der Waals surface area contributed by atoms with Gasteiger partial charge in [-0.2, -0.15) is 13.2 Å². The van der Waals surface area contributed by atoms with Gasteiger partial charge in [-0.25, -0.2) is 15.0 Å². The predicted octanol–water partition coefficient (Wildman–Crippen LogP) is 4.12. The fraction of sp³-hybridized carbons (Fsp3) is 0.238. The Morgan fingerprint density at radius 2 is 1.94 bits per heavy atom. The third kappa shape index (κ3) is 4.14. The summed E-state index contributed by atoms with van der Waals surface area (Å²) in [6, 6.07) is 4.83. The summed E-state index contributed by atoms with van der Waals surface area (Å²) in [6.07, 6.45) is 3.69. The van der Waals surface area contributed by atoms with Crippen molar-refractivity contribution >= 4 is 11.6 Å². The quantitative estimate of drug-likeness (QED) is 0.519. The first-order valence-electron chi connectivity index (χ1n) is 9.54. The first kappa shape index (κ1) is 20.6. The molecule has 1 aromatic carbocycles. The molecule has 3 heterocycles. The molecule has 1 amide bonds. The number of fused-ring (bicyclic) bond motifs is 1. The third-order valence-corrected chi connectivity index (χ3v) is 4.79. The van der Waals surface area contributed by atoms with E-state index in [9.17, 15) is 18.0 Å². The molecular formula is C21H19F3N6O. The van der Waals surface area contributed by atoms with Crippen LogP contribution in [-0.4, -0.2) is 29.8 Å². The largest absolute Gasteiger partial charge is 0.416 e. The maximum absolute atomic E-state index is 12.9. The number of nitrogens with one attached hydrogen (secondary N) is 1. The number of rotatable bonds is 5. The highest BCUT2D eigenvalue weighted by molar-refractivity contribution is 5.92. The molecule has 3 aromatic heterocycles. The Kier molecular flexibility index (Phi) is 5.22. The van der Waals surface area contributed by atoms with Crippen molar-refractivity contribution in [3.05, 3.63) is 72.3 Å². The minimum absolute atomic E-state index is 0.0787. The van der Waals surface area contributed by atoms with Crippen molar-refractivity contribution < 1.29 is 18.0 Å². The number of hydrogen-bond donors (Lipinski definition) is 1. The number of aromatic nitrogens is 5. The van der Waals surface area contributed by atoms with Gasteiger partial charge in [0, 0.05) is 30.2 Å². The molecule has 0 radical (unpaired) electrons. The Balaban J connectivity index is 1.61. The lowest BCUT2D eigenvalue weighted by Gasteiger charge is -2.12. The van der Waals surface area contributed by atoms with Crippen LogP contribution < -0.4 is 5.32 Å². The number of amides is 1. The van der Waals surface area contributed by atoms with Crippen molar-refractivity contribution in [2.24, 2.45) is 0 Å². The van der Waals surface area contributed by atoms with Gasteiger partial charge in [0.05, 0.1) is 30.3 Å². The van der Waals surface area contributed by atoms with E-state index < -0.39 is 11.7 Å². The van der Waals surface area contributed by atoms with Gasteiger partial charge in [-0.15, -0.1) is 0 Å². The van der Waals surface area contributed by atoms with Crippen LogP contribution in [0.15, 0.2) is 55.4 Å². The van der Waals surface area contributed by atoms with E-state index in [1.807, 2.05) is 13.8 Å². The average molecular weight is 428 g/mol. The number of imidazole rings is 2. The van der Waals surface area contributed by atoms with Crippen molar-refractivity contribution in [3.8, 4) is 11.3 Å². The van der Waals surface area contributed by atoms with Gasteiger partial charge in [-0.05, 0) is 26.0 Å². The minimum atomic E-state index is -4.41. The van der Waals surface area contributed by atoms with Gasteiger partial charge in [0.25, 0.3) is 5.91 Å². The third-order valence-electron chi connectivity index (χ3n) is 4.79. The van der Waals surface area contributed by atoms with Crippen molar-refractivity contribution in [1.82, 2.24) is 29.2 Å². The SMILES string of the molecule is CC(C)n1cncc1C(=O)NCc1cn2ccnc2c(-c2ccc(C(F)(F)F)cc2)n1. The number of hydrogen-bond acceptors (Lipinski definition) is 4. The second-order valence-corrected chi connectivity index (χ2v) is 7.28. The molecule has 7 nitrogen and oxygen atoms in total. The molecule has 0 atom stereocenters. The van der Waals surface area contributed by atoms with Crippen molar-refractivity contribution in [3.63, 3.8) is 0 Å². The summed E-state index contributed by atoms with van der Waals surface area (Å²) in [4.78, 5) is 25.4. The summed E-state index contributed by atoms with van der Waals surface area (Å²) >= 11 is 0. The number of carbonyl (C=O) groups is 1. The lowest BCUT2D eigenvalue weighted by molar-refractivity contribution is -0.137. The van der Waals surface area contributed by atoms with E-state index in [1.165, 1.54) is 18.3 Å². The first-order chi connectivity index (χ1) is 14.7. The fourth-order valence-electron chi connectivity index (χ4n) is 3.23.